The number of rotatable bonds is 3. The first-order valence-corrected chi connectivity index (χ1v) is 9.42. The van der Waals surface area contributed by atoms with E-state index in [0.29, 0.717) is 56.2 Å². The van der Waals surface area contributed by atoms with Gasteiger partial charge in [-0.3, -0.25) is 9.59 Å². The Morgan fingerprint density at radius 2 is 1.76 bits per heavy atom. The molecule has 2 aliphatic heterocycles. The molecule has 0 bridgehead atoms. The van der Waals surface area contributed by atoms with Gasteiger partial charge in [0.25, 0.3) is 5.91 Å². The number of carbonyl (C=O) groups is 2. The summed E-state index contributed by atoms with van der Waals surface area (Å²) in [6.45, 7) is 2.29. The van der Waals surface area contributed by atoms with E-state index < -0.39 is 0 Å². The van der Waals surface area contributed by atoms with Crippen molar-refractivity contribution in [3.8, 4) is 11.5 Å². The van der Waals surface area contributed by atoms with Gasteiger partial charge in [-0.15, -0.1) is 0 Å². The first-order valence-electron chi connectivity index (χ1n) is 8.48. The Kier molecular flexibility index (Phi) is 4.44. The minimum absolute atomic E-state index is 0.0471. The van der Waals surface area contributed by atoms with Gasteiger partial charge in [0, 0.05) is 30.0 Å². The molecule has 0 spiro atoms. The van der Waals surface area contributed by atoms with E-state index in [2.05, 4.69) is 0 Å². The number of thiophene rings is 1. The quantitative estimate of drug-likeness (QED) is 0.791. The van der Waals surface area contributed by atoms with Crippen molar-refractivity contribution in [2.45, 2.75) is 12.8 Å². The lowest BCUT2D eigenvalue weighted by atomic mass is 9.88. The Hall–Kier alpha value is -2.34. The second kappa shape index (κ2) is 6.88. The number of ether oxygens (including phenoxy) is 2. The smallest absolute Gasteiger partial charge is 0.254 e. The van der Waals surface area contributed by atoms with E-state index in [4.69, 9.17) is 9.47 Å². The molecular formula is C19H19NO4S. The van der Waals surface area contributed by atoms with E-state index in [-0.39, 0.29) is 17.6 Å². The van der Waals surface area contributed by atoms with Crippen molar-refractivity contribution < 1.29 is 19.1 Å². The maximum Gasteiger partial charge on any atom is 0.254 e. The van der Waals surface area contributed by atoms with Gasteiger partial charge in [-0.25, -0.2) is 0 Å². The van der Waals surface area contributed by atoms with Crippen molar-refractivity contribution in [3.63, 3.8) is 0 Å². The Bertz CT molecular complexity index is 779. The molecule has 2 aromatic rings. The van der Waals surface area contributed by atoms with Crippen LogP contribution >= 0.6 is 11.3 Å². The summed E-state index contributed by atoms with van der Waals surface area (Å²) in [6.07, 6.45) is 1.40. The highest BCUT2D eigenvalue weighted by molar-refractivity contribution is 7.08. The summed E-state index contributed by atoms with van der Waals surface area (Å²) in [5, 5.41) is 3.78. The Morgan fingerprint density at radius 1 is 1.00 bits per heavy atom. The predicted octanol–water partition coefficient (Wildman–Crippen LogP) is 3.25. The van der Waals surface area contributed by atoms with Crippen molar-refractivity contribution >= 4 is 23.0 Å². The van der Waals surface area contributed by atoms with E-state index in [1.165, 1.54) is 11.3 Å². The Balaban J connectivity index is 1.40. The van der Waals surface area contributed by atoms with E-state index in [9.17, 15) is 9.59 Å². The van der Waals surface area contributed by atoms with Gasteiger partial charge in [-0.1, -0.05) is 0 Å². The summed E-state index contributed by atoms with van der Waals surface area (Å²) in [7, 11) is 0. The van der Waals surface area contributed by atoms with Crippen LogP contribution in [-0.2, 0) is 0 Å². The number of fused-ring (bicyclic) bond motifs is 1. The number of likely N-dealkylation sites (tertiary alicyclic amines) is 1. The molecule has 5 nitrogen and oxygen atoms in total. The molecule has 0 aliphatic carbocycles. The number of nitrogens with zero attached hydrogens (tertiary/aromatic N) is 1. The molecule has 0 unspecified atom stereocenters. The Morgan fingerprint density at radius 3 is 2.48 bits per heavy atom. The van der Waals surface area contributed by atoms with Gasteiger partial charge >= 0.3 is 0 Å². The van der Waals surface area contributed by atoms with Gasteiger partial charge in [0.2, 0.25) is 0 Å². The second-order valence-corrected chi connectivity index (χ2v) is 7.08. The summed E-state index contributed by atoms with van der Waals surface area (Å²) in [5.74, 6) is 1.47. The largest absolute Gasteiger partial charge is 0.486 e. The third-order valence-electron chi connectivity index (χ3n) is 4.75. The van der Waals surface area contributed by atoms with Crippen LogP contribution in [0.3, 0.4) is 0 Å². The Labute approximate surface area is 150 Å². The second-order valence-electron chi connectivity index (χ2n) is 6.30. The van der Waals surface area contributed by atoms with E-state index in [1.54, 1.807) is 18.2 Å². The zero-order valence-electron chi connectivity index (χ0n) is 13.8. The van der Waals surface area contributed by atoms with Crippen LogP contribution in [0.15, 0.2) is 35.0 Å². The molecule has 4 rings (SSSR count). The number of piperidine rings is 1. The fraction of sp³-hybridized carbons (Fsp3) is 0.368. The molecule has 3 heterocycles. The molecular weight excluding hydrogens is 338 g/mol. The summed E-state index contributed by atoms with van der Waals surface area (Å²) in [4.78, 5) is 27.0. The molecule has 0 atom stereocenters. The van der Waals surface area contributed by atoms with Crippen LogP contribution in [0.25, 0.3) is 0 Å². The molecule has 1 amide bonds. The molecule has 0 saturated carbocycles. The molecule has 130 valence electrons. The highest BCUT2D eigenvalue weighted by atomic mass is 32.1. The number of hydrogen-bond acceptors (Lipinski definition) is 5. The molecule has 0 N–H and O–H groups in total. The number of ketones is 1. The number of benzene rings is 1. The maximum absolute atomic E-state index is 12.8. The summed E-state index contributed by atoms with van der Waals surface area (Å²) < 4.78 is 11.1. The highest BCUT2D eigenvalue weighted by Crippen LogP contribution is 2.32. The van der Waals surface area contributed by atoms with Gasteiger partial charge in [0.15, 0.2) is 17.3 Å². The third kappa shape index (κ3) is 3.26. The van der Waals surface area contributed by atoms with Crippen LogP contribution in [0.5, 0.6) is 11.5 Å². The standard InChI is InChI=1S/C19H19NO4S/c21-18(14-1-2-16-17(11-14)24-9-8-23-16)13-3-6-20(7-4-13)19(22)15-5-10-25-12-15/h1-2,5,10-13H,3-4,6-9H2. The third-order valence-corrected chi connectivity index (χ3v) is 5.43. The number of amides is 1. The summed E-state index contributed by atoms with van der Waals surface area (Å²) >= 11 is 1.52. The van der Waals surface area contributed by atoms with Crippen molar-refractivity contribution in [3.05, 3.63) is 46.2 Å². The van der Waals surface area contributed by atoms with E-state index in [0.717, 1.165) is 5.56 Å². The molecule has 1 fully saturated rings. The molecule has 2 aliphatic rings. The van der Waals surface area contributed by atoms with Crippen LogP contribution in [-0.4, -0.2) is 42.9 Å². The fourth-order valence-electron chi connectivity index (χ4n) is 3.35. The van der Waals surface area contributed by atoms with Crippen LogP contribution in [0.1, 0.15) is 33.6 Å². The molecule has 1 saturated heterocycles. The predicted molar refractivity (Wildman–Crippen MR) is 94.7 cm³/mol. The minimum Gasteiger partial charge on any atom is -0.486 e. The van der Waals surface area contributed by atoms with Crippen LogP contribution in [0.4, 0.5) is 0 Å². The minimum atomic E-state index is -0.0471. The lowest BCUT2D eigenvalue weighted by Crippen LogP contribution is -2.40. The summed E-state index contributed by atoms with van der Waals surface area (Å²) in [5.41, 5.74) is 1.40. The monoisotopic (exact) mass is 357 g/mol. The van der Waals surface area contributed by atoms with Crippen LogP contribution < -0.4 is 9.47 Å². The molecule has 1 aromatic carbocycles. The van der Waals surface area contributed by atoms with E-state index >= 15 is 0 Å². The molecule has 0 radical (unpaired) electrons. The first kappa shape index (κ1) is 16.1. The van der Waals surface area contributed by atoms with Crippen molar-refractivity contribution in [1.82, 2.24) is 4.90 Å². The van der Waals surface area contributed by atoms with Crippen molar-refractivity contribution in [2.75, 3.05) is 26.3 Å². The lowest BCUT2D eigenvalue weighted by molar-refractivity contribution is 0.0650. The van der Waals surface area contributed by atoms with Gasteiger partial charge in [-0.05, 0) is 42.5 Å². The topological polar surface area (TPSA) is 55.8 Å². The van der Waals surface area contributed by atoms with Gasteiger partial charge in [0.05, 0.1) is 5.56 Å². The number of Topliss-reactive ketones (excluding diaryl/α,β-unsaturated/α-hetero) is 1. The van der Waals surface area contributed by atoms with Crippen molar-refractivity contribution in [2.24, 2.45) is 5.92 Å². The van der Waals surface area contributed by atoms with E-state index in [1.807, 2.05) is 21.7 Å². The highest BCUT2D eigenvalue weighted by Gasteiger charge is 2.29. The molecule has 25 heavy (non-hydrogen) atoms. The van der Waals surface area contributed by atoms with Gasteiger partial charge < -0.3 is 14.4 Å². The van der Waals surface area contributed by atoms with Gasteiger partial charge in [-0.2, -0.15) is 11.3 Å². The average Bonchev–Trinajstić information content (AvgIpc) is 3.21. The van der Waals surface area contributed by atoms with Crippen molar-refractivity contribution in [1.29, 1.82) is 0 Å². The lowest BCUT2D eigenvalue weighted by Gasteiger charge is -2.31. The normalized spacial score (nSPS) is 17.4. The van der Waals surface area contributed by atoms with Crippen LogP contribution in [0, 0.1) is 5.92 Å². The fourth-order valence-corrected chi connectivity index (χ4v) is 3.98. The van der Waals surface area contributed by atoms with Crippen LogP contribution in [0.2, 0.25) is 0 Å². The summed E-state index contributed by atoms with van der Waals surface area (Å²) in [6, 6.07) is 7.23. The van der Waals surface area contributed by atoms with Gasteiger partial charge in [0.1, 0.15) is 13.2 Å². The number of carbonyl (C=O) groups excluding carboxylic acids is 2. The number of hydrogen-bond donors (Lipinski definition) is 0. The molecule has 6 heteroatoms. The zero-order chi connectivity index (χ0) is 17.2. The average molecular weight is 357 g/mol. The zero-order valence-corrected chi connectivity index (χ0v) is 14.6. The molecule has 1 aromatic heterocycles. The first-order chi connectivity index (χ1) is 12.2. The SMILES string of the molecule is O=C(c1ccc2c(c1)OCCO2)C1CCN(C(=O)c2ccsc2)CC1. The maximum atomic E-state index is 12.8.